The van der Waals surface area contributed by atoms with E-state index < -0.39 is 10.0 Å². The Morgan fingerprint density at radius 2 is 1.85 bits per heavy atom. The van der Waals surface area contributed by atoms with Crippen molar-refractivity contribution in [3.8, 4) is 0 Å². The Kier molecular flexibility index (Phi) is 5.07. The van der Waals surface area contributed by atoms with E-state index in [1.165, 1.54) is 29.8 Å². The number of rotatable bonds is 3. The average Bonchev–Trinajstić information content (AvgIpc) is 2.40. The number of nitrogens with one attached hydrogen (secondary N) is 1. The molecule has 0 aromatic carbocycles. The van der Waals surface area contributed by atoms with Crippen LogP contribution in [0.1, 0.15) is 45.4 Å². The number of carbonyl (C=O) groups is 1. The van der Waals surface area contributed by atoms with Gasteiger partial charge in [-0.05, 0) is 31.6 Å². The Morgan fingerprint density at radius 3 is 2.50 bits per heavy atom. The number of amides is 1. The third-order valence-corrected chi connectivity index (χ3v) is 5.93. The zero-order chi connectivity index (χ0) is 14.8. The third-order valence-electron chi connectivity index (χ3n) is 4.66. The van der Waals surface area contributed by atoms with Gasteiger partial charge in [-0.2, -0.15) is 0 Å². The van der Waals surface area contributed by atoms with Crippen LogP contribution in [-0.2, 0) is 14.8 Å². The maximum Gasteiger partial charge on any atom is 0.224 e. The molecule has 0 aromatic heterocycles. The SMILES string of the molecule is CC1CCCCC1NC(=O)C1CCCN(S(C)(=O)=O)C1. The molecule has 0 spiro atoms. The van der Waals surface area contributed by atoms with Gasteiger partial charge in [-0.15, -0.1) is 0 Å². The largest absolute Gasteiger partial charge is 0.353 e. The van der Waals surface area contributed by atoms with Crippen molar-refractivity contribution < 1.29 is 13.2 Å². The van der Waals surface area contributed by atoms with Crippen LogP contribution in [0, 0.1) is 11.8 Å². The molecular formula is C14H26N2O3S. The number of sulfonamides is 1. The smallest absolute Gasteiger partial charge is 0.224 e. The third kappa shape index (κ3) is 3.95. The van der Waals surface area contributed by atoms with Crippen LogP contribution in [0.2, 0.25) is 0 Å². The van der Waals surface area contributed by atoms with Crippen molar-refractivity contribution in [1.29, 1.82) is 0 Å². The molecule has 116 valence electrons. The van der Waals surface area contributed by atoms with E-state index in [-0.39, 0.29) is 17.9 Å². The Hall–Kier alpha value is -0.620. The number of hydrogen-bond donors (Lipinski definition) is 1. The lowest BCUT2D eigenvalue weighted by molar-refractivity contribution is -0.127. The second-order valence-corrected chi connectivity index (χ2v) is 8.32. The van der Waals surface area contributed by atoms with Crippen LogP contribution >= 0.6 is 0 Å². The van der Waals surface area contributed by atoms with Crippen LogP contribution in [0.3, 0.4) is 0 Å². The summed E-state index contributed by atoms with van der Waals surface area (Å²) in [5.41, 5.74) is 0. The molecule has 1 aliphatic carbocycles. The predicted octanol–water partition coefficient (Wildman–Crippen LogP) is 1.35. The Labute approximate surface area is 122 Å². The van der Waals surface area contributed by atoms with Gasteiger partial charge in [-0.3, -0.25) is 4.79 Å². The minimum atomic E-state index is -3.18. The van der Waals surface area contributed by atoms with Crippen LogP contribution in [-0.4, -0.2) is 44.0 Å². The van der Waals surface area contributed by atoms with Gasteiger partial charge in [0.2, 0.25) is 15.9 Å². The molecule has 20 heavy (non-hydrogen) atoms. The topological polar surface area (TPSA) is 66.5 Å². The molecule has 1 N–H and O–H groups in total. The fourth-order valence-corrected chi connectivity index (χ4v) is 4.20. The van der Waals surface area contributed by atoms with Crippen LogP contribution in [0.15, 0.2) is 0 Å². The van der Waals surface area contributed by atoms with Gasteiger partial charge in [-0.25, -0.2) is 12.7 Å². The zero-order valence-electron chi connectivity index (χ0n) is 12.5. The molecule has 1 amide bonds. The second-order valence-electron chi connectivity index (χ2n) is 6.34. The molecule has 1 saturated heterocycles. The molecule has 1 heterocycles. The lowest BCUT2D eigenvalue weighted by atomic mass is 9.85. The zero-order valence-corrected chi connectivity index (χ0v) is 13.3. The predicted molar refractivity (Wildman–Crippen MR) is 78.7 cm³/mol. The van der Waals surface area contributed by atoms with Gasteiger partial charge < -0.3 is 5.32 Å². The molecule has 2 fully saturated rings. The Balaban J connectivity index is 1.91. The monoisotopic (exact) mass is 302 g/mol. The first-order valence-electron chi connectivity index (χ1n) is 7.63. The first kappa shape index (κ1) is 15.8. The van der Waals surface area contributed by atoms with Crippen LogP contribution in [0.4, 0.5) is 0 Å². The summed E-state index contributed by atoms with van der Waals surface area (Å²) in [5.74, 6) is 0.381. The van der Waals surface area contributed by atoms with E-state index >= 15 is 0 Å². The molecule has 0 radical (unpaired) electrons. The standard InChI is InChI=1S/C14H26N2O3S/c1-11-6-3-4-8-13(11)15-14(17)12-7-5-9-16(10-12)20(2,18)19/h11-13H,3-10H2,1-2H3,(H,15,17). The van der Waals surface area contributed by atoms with Gasteiger partial charge in [0.25, 0.3) is 0 Å². The lowest BCUT2D eigenvalue weighted by Gasteiger charge is -2.34. The highest BCUT2D eigenvalue weighted by Crippen LogP contribution is 2.25. The highest BCUT2D eigenvalue weighted by atomic mass is 32.2. The van der Waals surface area contributed by atoms with Gasteiger partial charge >= 0.3 is 0 Å². The molecule has 1 saturated carbocycles. The number of piperidine rings is 1. The van der Waals surface area contributed by atoms with Crippen molar-refractivity contribution in [3.05, 3.63) is 0 Å². The van der Waals surface area contributed by atoms with Crippen molar-refractivity contribution >= 4 is 15.9 Å². The highest BCUT2D eigenvalue weighted by Gasteiger charge is 2.32. The van der Waals surface area contributed by atoms with E-state index in [1.54, 1.807) is 0 Å². The highest BCUT2D eigenvalue weighted by molar-refractivity contribution is 7.88. The Morgan fingerprint density at radius 1 is 1.15 bits per heavy atom. The van der Waals surface area contributed by atoms with Crippen molar-refractivity contribution in [2.24, 2.45) is 11.8 Å². The first-order chi connectivity index (χ1) is 9.38. The normalized spacial score (nSPS) is 32.8. The van der Waals surface area contributed by atoms with Gasteiger partial charge in [-0.1, -0.05) is 19.8 Å². The van der Waals surface area contributed by atoms with Gasteiger partial charge in [0.15, 0.2) is 0 Å². The lowest BCUT2D eigenvalue weighted by Crippen LogP contribution is -2.49. The van der Waals surface area contributed by atoms with Crippen LogP contribution in [0.5, 0.6) is 0 Å². The van der Waals surface area contributed by atoms with E-state index in [1.807, 2.05) is 0 Å². The summed E-state index contributed by atoms with van der Waals surface area (Å²) in [6.07, 6.45) is 7.43. The summed E-state index contributed by atoms with van der Waals surface area (Å²) < 4.78 is 24.6. The summed E-state index contributed by atoms with van der Waals surface area (Å²) in [6, 6.07) is 0.268. The fourth-order valence-electron chi connectivity index (χ4n) is 3.29. The van der Waals surface area contributed by atoms with E-state index in [2.05, 4.69) is 12.2 Å². The van der Waals surface area contributed by atoms with Crippen LogP contribution in [0.25, 0.3) is 0 Å². The molecule has 3 atom stereocenters. The Bertz CT molecular complexity index is 449. The van der Waals surface area contributed by atoms with Crippen molar-refractivity contribution in [1.82, 2.24) is 9.62 Å². The van der Waals surface area contributed by atoms with E-state index in [9.17, 15) is 13.2 Å². The van der Waals surface area contributed by atoms with E-state index in [0.717, 1.165) is 19.3 Å². The maximum absolute atomic E-state index is 12.4. The number of nitrogens with zero attached hydrogens (tertiary/aromatic N) is 1. The van der Waals surface area contributed by atoms with E-state index in [0.29, 0.717) is 19.0 Å². The summed E-state index contributed by atoms with van der Waals surface area (Å²) in [4.78, 5) is 12.4. The molecule has 3 unspecified atom stereocenters. The first-order valence-corrected chi connectivity index (χ1v) is 9.48. The molecule has 0 aromatic rings. The van der Waals surface area contributed by atoms with Gasteiger partial charge in [0.1, 0.15) is 0 Å². The van der Waals surface area contributed by atoms with E-state index in [4.69, 9.17) is 0 Å². The molecule has 5 nitrogen and oxygen atoms in total. The fraction of sp³-hybridized carbons (Fsp3) is 0.929. The van der Waals surface area contributed by atoms with Crippen molar-refractivity contribution in [3.63, 3.8) is 0 Å². The molecule has 0 bridgehead atoms. The second kappa shape index (κ2) is 6.43. The summed E-state index contributed by atoms with van der Waals surface area (Å²) >= 11 is 0. The van der Waals surface area contributed by atoms with Crippen LogP contribution < -0.4 is 5.32 Å². The number of carbonyl (C=O) groups excluding carboxylic acids is 1. The molecule has 2 rings (SSSR count). The summed E-state index contributed by atoms with van der Waals surface area (Å²) in [7, 11) is -3.18. The summed E-state index contributed by atoms with van der Waals surface area (Å²) in [5, 5.41) is 3.15. The molecule has 6 heteroatoms. The van der Waals surface area contributed by atoms with Crippen molar-refractivity contribution in [2.45, 2.75) is 51.5 Å². The molecular weight excluding hydrogens is 276 g/mol. The average molecular weight is 302 g/mol. The molecule has 1 aliphatic heterocycles. The maximum atomic E-state index is 12.4. The minimum Gasteiger partial charge on any atom is -0.353 e. The summed E-state index contributed by atoms with van der Waals surface area (Å²) in [6.45, 7) is 3.07. The molecule has 2 aliphatic rings. The quantitative estimate of drug-likeness (QED) is 0.856. The van der Waals surface area contributed by atoms with Gasteiger partial charge in [0.05, 0.1) is 12.2 Å². The van der Waals surface area contributed by atoms with Crippen molar-refractivity contribution in [2.75, 3.05) is 19.3 Å². The minimum absolute atomic E-state index is 0.0390. The number of hydrogen-bond acceptors (Lipinski definition) is 3. The van der Waals surface area contributed by atoms with Gasteiger partial charge in [0, 0.05) is 19.1 Å².